The summed E-state index contributed by atoms with van der Waals surface area (Å²) in [5, 5.41) is 17.8. The number of amides is 4. The third-order valence-corrected chi connectivity index (χ3v) is 13.0. The van der Waals surface area contributed by atoms with Crippen LogP contribution in [0.15, 0.2) is 60.7 Å². The summed E-state index contributed by atoms with van der Waals surface area (Å²) in [7, 11) is 0. The lowest BCUT2D eigenvalue weighted by Gasteiger charge is -2.44. The Balaban J connectivity index is 0.962. The number of alkyl halides is 3. The number of piperazine rings is 1. The number of imide groups is 1. The average molecular weight is 875 g/mol. The molecule has 4 fully saturated rings. The number of nitrogens with one attached hydrogen (secondary N) is 3. The Kier molecular flexibility index (Phi) is 13.4. The van der Waals surface area contributed by atoms with Gasteiger partial charge in [-0.25, -0.2) is 0 Å². The zero-order chi connectivity index (χ0) is 44.3. The van der Waals surface area contributed by atoms with Gasteiger partial charge in [0.2, 0.25) is 17.7 Å². The monoisotopic (exact) mass is 874 g/mol. The van der Waals surface area contributed by atoms with Gasteiger partial charge in [0.25, 0.3) is 5.91 Å². The van der Waals surface area contributed by atoms with E-state index in [4.69, 9.17) is 17.4 Å². The van der Waals surface area contributed by atoms with Crippen molar-refractivity contribution in [2.24, 2.45) is 0 Å². The minimum absolute atomic E-state index is 0.0426. The molecule has 7 rings (SSSR count). The van der Waals surface area contributed by atoms with Crippen LogP contribution in [0.4, 0.5) is 35.9 Å². The number of benzene rings is 3. The van der Waals surface area contributed by atoms with Crippen molar-refractivity contribution in [3.05, 3.63) is 77.4 Å². The third kappa shape index (κ3) is 9.37. The molecule has 0 aromatic heterocycles. The number of hydrogen-bond donors (Lipinski definition) is 4. The molecule has 13 nitrogen and oxygen atoms in total. The predicted molar refractivity (Wildman–Crippen MR) is 233 cm³/mol. The van der Waals surface area contributed by atoms with Crippen molar-refractivity contribution in [3.63, 3.8) is 0 Å². The first-order valence-corrected chi connectivity index (χ1v) is 21.8. The molecule has 4 atom stereocenters. The first-order chi connectivity index (χ1) is 29.6. The average Bonchev–Trinajstić information content (AvgIpc) is 3.43. The lowest BCUT2D eigenvalue weighted by atomic mass is 9.80. The van der Waals surface area contributed by atoms with Crippen LogP contribution in [0.3, 0.4) is 0 Å². The lowest BCUT2D eigenvalue weighted by molar-refractivity contribution is -0.138. The normalized spacial score (nSPS) is 23.3. The highest BCUT2D eigenvalue weighted by Gasteiger charge is 2.57. The number of aryl methyl sites for hydroxylation is 1. The Morgan fingerprint density at radius 3 is 2.37 bits per heavy atom. The molecule has 3 heterocycles. The second-order valence-electron chi connectivity index (χ2n) is 16.7. The van der Waals surface area contributed by atoms with E-state index in [0.29, 0.717) is 56.0 Å². The van der Waals surface area contributed by atoms with Crippen LogP contribution in [0.5, 0.6) is 5.75 Å². The maximum atomic E-state index is 14.4. The summed E-state index contributed by atoms with van der Waals surface area (Å²) in [6.45, 7) is 8.99. The highest BCUT2D eigenvalue weighted by Crippen LogP contribution is 2.48. The van der Waals surface area contributed by atoms with Crippen molar-refractivity contribution in [2.75, 3.05) is 53.2 Å². The first-order valence-electron chi connectivity index (χ1n) is 21.3. The summed E-state index contributed by atoms with van der Waals surface area (Å²) in [6.07, 6.45) is 0.139. The van der Waals surface area contributed by atoms with E-state index >= 15 is 0 Å². The van der Waals surface area contributed by atoms with Gasteiger partial charge in [0, 0.05) is 60.9 Å². The molecular formula is C45H53F3N8O5S. The van der Waals surface area contributed by atoms with Gasteiger partial charge in [-0.2, -0.15) is 18.4 Å². The maximum absolute atomic E-state index is 14.4. The Labute approximate surface area is 365 Å². The molecule has 4 aliphatic rings. The number of rotatable bonds is 12. The third-order valence-electron chi connectivity index (χ3n) is 12.5. The number of carbonyl (C=O) groups excluding carboxylic acids is 4. The molecule has 3 aromatic carbocycles. The van der Waals surface area contributed by atoms with Gasteiger partial charge in [0.05, 0.1) is 23.7 Å². The molecule has 1 saturated carbocycles. The summed E-state index contributed by atoms with van der Waals surface area (Å²) in [6, 6.07) is 17.6. The zero-order valence-corrected chi connectivity index (χ0v) is 36.0. The minimum Gasteiger partial charge on any atom is -0.492 e. The van der Waals surface area contributed by atoms with Crippen LogP contribution in [0.2, 0.25) is 0 Å². The van der Waals surface area contributed by atoms with E-state index in [9.17, 15) is 37.6 Å². The van der Waals surface area contributed by atoms with Gasteiger partial charge in [-0.15, -0.1) is 12.6 Å². The van der Waals surface area contributed by atoms with Gasteiger partial charge in [-0.1, -0.05) is 32.3 Å². The van der Waals surface area contributed by atoms with Crippen LogP contribution in [-0.4, -0.2) is 95.4 Å². The maximum Gasteiger partial charge on any atom is 0.417 e. The fraction of sp³-hybridized carbons (Fsp3) is 0.489. The van der Waals surface area contributed by atoms with E-state index in [1.54, 1.807) is 24.3 Å². The van der Waals surface area contributed by atoms with E-state index in [-0.39, 0.29) is 54.4 Å². The number of nitrogens with zero attached hydrogens (tertiary/aromatic N) is 5. The van der Waals surface area contributed by atoms with Crippen LogP contribution < -0.4 is 30.5 Å². The number of ether oxygens (including phenoxy) is 1. The second-order valence-corrected chi connectivity index (χ2v) is 17.2. The standard InChI is InChI=1S/C45H53F3N8O5S/c1-4-30-21-35(56-43(62)55(42(60)44(56)17-6-5-7-18-44)34-12-11-31(24-49)36(23-34)45(46,47)48)13-15-38(30)61-20-19-53-25-28(2)54(29(3)26-53)27-40(58)51-33-10-8-9-32(22-33)50-37-14-16-39(57)52-41(37)59/h8-13,15,21-23,28-29,37,43,50,62H,4-7,14,16-20,25-27H2,1-3H3,(H,51,58)(H,52,57,59)/t28-,29+,37?,43?. The predicted octanol–water partition coefficient (Wildman–Crippen LogP) is 6.54. The number of piperidine rings is 1. The van der Waals surface area contributed by atoms with Crippen molar-refractivity contribution in [3.8, 4) is 11.8 Å². The molecule has 3 aromatic rings. The Morgan fingerprint density at radius 2 is 1.69 bits per heavy atom. The largest absolute Gasteiger partial charge is 0.492 e. The molecule has 3 saturated heterocycles. The molecule has 1 aliphatic carbocycles. The van der Waals surface area contributed by atoms with E-state index in [1.807, 2.05) is 36.1 Å². The molecule has 4 amide bonds. The van der Waals surface area contributed by atoms with Crippen molar-refractivity contribution >= 4 is 59.0 Å². The summed E-state index contributed by atoms with van der Waals surface area (Å²) in [5.74, 6) is -0.388. The van der Waals surface area contributed by atoms with Gasteiger partial charge in [-0.3, -0.25) is 39.2 Å². The van der Waals surface area contributed by atoms with Gasteiger partial charge in [-0.05, 0) is 99.7 Å². The molecule has 1 spiro atoms. The number of carbonyl (C=O) groups is 4. The second kappa shape index (κ2) is 18.6. The van der Waals surface area contributed by atoms with Crippen molar-refractivity contribution < 1.29 is 37.1 Å². The van der Waals surface area contributed by atoms with Crippen molar-refractivity contribution in [1.29, 1.82) is 5.26 Å². The molecular weight excluding hydrogens is 822 g/mol. The van der Waals surface area contributed by atoms with E-state index in [0.717, 1.165) is 55.7 Å². The summed E-state index contributed by atoms with van der Waals surface area (Å²) in [5.41, 5.74) is -0.504. The van der Waals surface area contributed by atoms with E-state index < -0.39 is 34.4 Å². The lowest BCUT2D eigenvalue weighted by Crippen LogP contribution is -2.58. The van der Waals surface area contributed by atoms with Crippen LogP contribution in [0.25, 0.3) is 0 Å². The number of thiol groups is 1. The highest BCUT2D eigenvalue weighted by molar-refractivity contribution is 7.81. The van der Waals surface area contributed by atoms with Crippen LogP contribution >= 0.6 is 12.6 Å². The number of nitriles is 1. The van der Waals surface area contributed by atoms with Crippen LogP contribution in [0.1, 0.15) is 82.4 Å². The van der Waals surface area contributed by atoms with Crippen molar-refractivity contribution in [2.45, 2.75) is 107 Å². The SMILES string of the molecule is CCc1cc(N2C(S)N(c3ccc(C#N)c(C(F)(F)F)c3)C(=O)C23CCCCC3)ccc1OCCN1C[C@@H](C)N(CC(=O)Nc2cccc(NC3CCC(=O)NC3=O)c2)[C@@H](C)C1. The fourth-order valence-corrected chi connectivity index (χ4v) is 10.1. The van der Waals surface area contributed by atoms with E-state index in [2.05, 4.69) is 39.6 Å². The number of halogens is 3. The van der Waals surface area contributed by atoms with Gasteiger partial charge >= 0.3 is 6.18 Å². The molecule has 3 N–H and O–H groups in total. The summed E-state index contributed by atoms with van der Waals surface area (Å²) >= 11 is 4.90. The summed E-state index contributed by atoms with van der Waals surface area (Å²) in [4.78, 5) is 59.1. The Morgan fingerprint density at radius 1 is 0.984 bits per heavy atom. The molecule has 0 radical (unpaired) electrons. The minimum atomic E-state index is -4.77. The Hall–Kier alpha value is -5.31. The van der Waals surface area contributed by atoms with Gasteiger partial charge in [0.1, 0.15) is 23.9 Å². The van der Waals surface area contributed by atoms with Gasteiger partial charge < -0.3 is 20.3 Å². The molecule has 3 aliphatic heterocycles. The molecule has 330 valence electrons. The van der Waals surface area contributed by atoms with Crippen LogP contribution in [-0.2, 0) is 31.8 Å². The fourth-order valence-electron chi connectivity index (χ4n) is 9.47. The topological polar surface area (TPSA) is 150 Å². The van der Waals surface area contributed by atoms with E-state index in [1.165, 1.54) is 11.0 Å². The number of hydrogen-bond acceptors (Lipinski definition) is 11. The first kappa shape index (κ1) is 44.7. The van der Waals surface area contributed by atoms with Crippen LogP contribution in [0, 0.1) is 11.3 Å². The van der Waals surface area contributed by atoms with Crippen molar-refractivity contribution in [1.82, 2.24) is 15.1 Å². The quantitative estimate of drug-likeness (QED) is 0.117. The molecule has 0 bridgehead atoms. The highest BCUT2D eigenvalue weighted by atomic mass is 32.1. The Bertz CT molecular complexity index is 2220. The molecule has 17 heteroatoms. The molecule has 62 heavy (non-hydrogen) atoms. The zero-order valence-electron chi connectivity index (χ0n) is 35.1. The van der Waals surface area contributed by atoms with Gasteiger partial charge in [0.15, 0.2) is 5.50 Å². The summed E-state index contributed by atoms with van der Waals surface area (Å²) < 4.78 is 48.4. The molecule has 2 unspecified atom stereocenters. The number of anilines is 4. The smallest absolute Gasteiger partial charge is 0.417 e.